The molecule has 0 fully saturated rings. The molecule has 0 aromatic carbocycles. The van der Waals surface area contributed by atoms with Gasteiger partial charge in [0.2, 0.25) is 0 Å². The van der Waals surface area contributed by atoms with E-state index in [9.17, 15) is 5.11 Å². The molecule has 0 spiro atoms. The number of rotatable bonds is 15. The highest BCUT2D eigenvalue weighted by Crippen LogP contribution is 2.10. The molecule has 0 aromatic heterocycles. The second-order valence-electron chi connectivity index (χ2n) is 5.21. The summed E-state index contributed by atoms with van der Waals surface area (Å²) in [5.41, 5.74) is 0. The molecule has 109 valence electrons. The monoisotopic (exact) mass is 257 g/mol. The number of unbranched alkanes of at least 4 members (excludes halogenated alkanes) is 10. The van der Waals surface area contributed by atoms with E-state index in [4.69, 9.17) is 4.74 Å². The van der Waals surface area contributed by atoms with E-state index >= 15 is 0 Å². The van der Waals surface area contributed by atoms with Gasteiger partial charge in [0.15, 0.2) is 0 Å². The Morgan fingerprint density at radius 1 is 0.611 bits per heavy atom. The summed E-state index contributed by atoms with van der Waals surface area (Å²) in [6, 6.07) is 0. The van der Waals surface area contributed by atoms with Crippen molar-refractivity contribution in [2.24, 2.45) is 0 Å². The molecule has 0 aromatic rings. The molecular formula is C16H33O2. The summed E-state index contributed by atoms with van der Waals surface area (Å²) < 4.78 is 5.53. The first-order valence-electron chi connectivity index (χ1n) is 8.07. The fourth-order valence-corrected chi connectivity index (χ4v) is 2.07. The predicted octanol–water partition coefficient (Wildman–Crippen LogP) is 5.13. The Hall–Kier alpha value is -0.0800. The van der Waals surface area contributed by atoms with Gasteiger partial charge in [-0.25, -0.2) is 5.11 Å². The van der Waals surface area contributed by atoms with Gasteiger partial charge in [-0.15, -0.1) is 0 Å². The number of hydrogen-bond acceptors (Lipinski definition) is 1. The molecule has 0 bridgehead atoms. The van der Waals surface area contributed by atoms with Crippen molar-refractivity contribution in [3.05, 3.63) is 0 Å². The van der Waals surface area contributed by atoms with Gasteiger partial charge in [0.05, 0.1) is 6.61 Å². The molecule has 0 N–H and O–H groups in total. The topological polar surface area (TPSA) is 29.1 Å². The molecule has 2 heteroatoms. The van der Waals surface area contributed by atoms with Crippen LogP contribution >= 0.6 is 0 Å². The third-order valence-electron chi connectivity index (χ3n) is 3.33. The summed E-state index contributed by atoms with van der Waals surface area (Å²) in [4.78, 5) is 0. The highest BCUT2D eigenvalue weighted by Gasteiger charge is 1.93. The zero-order valence-electron chi connectivity index (χ0n) is 12.4. The van der Waals surface area contributed by atoms with Gasteiger partial charge in [-0.3, -0.25) is 0 Å². The third-order valence-corrected chi connectivity index (χ3v) is 3.33. The standard InChI is InChI=1S/C16H33O2/c1-2-3-15-18-16-13-11-9-7-5-4-6-8-10-12-14-17/h2-16H2,1H3. The van der Waals surface area contributed by atoms with Gasteiger partial charge < -0.3 is 4.74 Å². The van der Waals surface area contributed by atoms with E-state index in [1.807, 2.05) is 0 Å². The predicted molar refractivity (Wildman–Crippen MR) is 77.5 cm³/mol. The first-order valence-corrected chi connectivity index (χ1v) is 8.07. The average molecular weight is 257 g/mol. The smallest absolute Gasteiger partial charge is 0.0822 e. The lowest BCUT2D eigenvalue weighted by molar-refractivity contribution is 0.127. The summed E-state index contributed by atoms with van der Waals surface area (Å²) in [6.07, 6.45) is 15.0. The molecule has 0 rings (SSSR count). The molecule has 0 aliphatic carbocycles. The van der Waals surface area contributed by atoms with Crippen LogP contribution in [0.3, 0.4) is 0 Å². The Kier molecular flexibility index (Phi) is 16.8. The minimum atomic E-state index is 0.111. The van der Waals surface area contributed by atoms with E-state index in [1.54, 1.807) is 0 Å². The van der Waals surface area contributed by atoms with Crippen LogP contribution in [0.25, 0.3) is 0 Å². The second kappa shape index (κ2) is 16.9. The minimum absolute atomic E-state index is 0.111. The Balaban J connectivity index is 2.86. The molecular weight excluding hydrogens is 224 g/mol. The molecule has 0 aliphatic rings. The van der Waals surface area contributed by atoms with Gasteiger partial charge in [0.1, 0.15) is 0 Å². The summed E-state index contributed by atoms with van der Waals surface area (Å²) in [5, 5.41) is 10.2. The molecule has 0 unspecified atom stereocenters. The highest BCUT2D eigenvalue weighted by atomic mass is 16.5. The maximum atomic E-state index is 10.2. The lowest BCUT2D eigenvalue weighted by atomic mass is 10.1. The Morgan fingerprint density at radius 3 is 1.56 bits per heavy atom. The molecule has 0 saturated carbocycles. The van der Waals surface area contributed by atoms with E-state index in [1.165, 1.54) is 64.2 Å². The molecule has 2 nitrogen and oxygen atoms in total. The van der Waals surface area contributed by atoms with Gasteiger partial charge >= 0.3 is 0 Å². The van der Waals surface area contributed by atoms with Crippen molar-refractivity contribution in [1.82, 2.24) is 0 Å². The van der Waals surface area contributed by atoms with Crippen LogP contribution in [0, 0.1) is 0 Å². The third kappa shape index (κ3) is 15.9. The highest BCUT2D eigenvalue weighted by molar-refractivity contribution is 4.48. The molecule has 0 saturated heterocycles. The van der Waals surface area contributed by atoms with Gasteiger partial charge in [0.25, 0.3) is 0 Å². The lowest BCUT2D eigenvalue weighted by Gasteiger charge is -2.04. The van der Waals surface area contributed by atoms with Gasteiger partial charge in [-0.1, -0.05) is 64.7 Å². The van der Waals surface area contributed by atoms with E-state index in [2.05, 4.69) is 6.92 Å². The van der Waals surface area contributed by atoms with Crippen LogP contribution in [0.4, 0.5) is 0 Å². The van der Waals surface area contributed by atoms with Crippen molar-refractivity contribution in [2.45, 2.75) is 84.0 Å². The maximum absolute atomic E-state index is 10.2. The fourth-order valence-electron chi connectivity index (χ4n) is 2.07. The van der Waals surface area contributed by atoms with Crippen LogP contribution in [0.1, 0.15) is 84.0 Å². The van der Waals surface area contributed by atoms with Crippen molar-refractivity contribution < 1.29 is 9.84 Å². The summed E-state index contributed by atoms with van der Waals surface area (Å²) >= 11 is 0. The fraction of sp³-hybridized carbons (Fsp3) is 1.00. The average Bonchev–Trinajstić information content (AvgIpc) is 2.39. The first kappa shape index (κ1) is 17.9. The van der Waals surface area contributed by atoms with Crippen LogP contribution < -0.4 is 0 Å². The van der Waals surface area contributed by atoms with Gasteiger partial charge in [-0.05, 0) is 19.3 Å². The van der Waals surface area contributed by atoms with Crippen molar-refractivity contribution >= 4 is 0 Å². The molecule has 0 heterocycles. The summed E-state index contributed by atoms with van der Waals surface area (Å²) in [6.45, 7) is 4.21. The van der Waals surface area contributed by atoms with Crippen LogP contribution in [0.15, 0.2) is 0 Å². The van der Waals surface area contributed by atoms with Gasteiger partial charge in [0, 0.05) is 13.2 Å². The van der Waals surface area contributed by atoms with E-state index in [0.29, 0.717) is 0 Å². The Bertz CT molecular complexity index is 121. The van der Waals surface area contributed by atoms with Crippen molar-refractivity contribution in [2.75, 3.05) is 19.8 Å². The second-order valence-corrected chi connectivity index (χ2v) is 5.21. The lowest BCUT2D eigenvalue weighted by Crippen LogP contribution is -1.96. The number of hydrogen-bond donors (Lipinski definition) is 0. The normalized spacial score (nSPS) is 11.0. The minimum Gasteiger partial charge on any atom is -0.381 e. The molecule has 1 radical (unpaired) electrons. The van der Waals surface area contributed by atoms with Crippen molar-refractivity contribution in [1.29, 1.82) is 0 Å². The Labute approximate surface area is 114 Å². The Morgan fingerprint density at radius 2 is 1.06 bits per heavy atom. The quantitative estimate of drug-likeness (QED) is 0.374. The maximum Gasteiger partial charge on any atom is 0.0822 e. The zero-order chi connectivity index (χ0) is 13.3. The van der Waals surface area contributed by atoms with Crippen LogP contribution in [0.2, 0.25) is 0 Å². The van der Waals surface area contributed by atoms with E-state index in [-0.39, 0.29) is 6.61 Å². The van der Waals surface area contributed by atoms with Crippen LogP contribution in [-0.2, 0) is 9.84 Å². The van der Waals surface area contributed by atoms with Crippen molar-refractivity contribution in [3.63, 3.8) is 0 Å². The first-order chi connectivity index (χ1) is 8.91. The van der Waals surface area contributed by atoms with E-state index < -0.39 is 0 Å². The van der Waals surface area contributed by atoms with Crippen LogP contribution in [-0.4, -0.2) is 19.8 Å². The molecule has 18 heavy (non-hydrogen) atoms. The molecule has 0 aliphatic heterocycles. The van der Waals surface area contributed by atoms with E-state index in [0.717, 1.165) is 26.1 Å². The van der Waals surface area contributed by atoms with Crippen LogP contribution in [0.5, 0.6) is 0 Å². The van der Waals surface area contributed by atoms with Crippen molar-refractivity contribution in [3.8, 4) is 0 Å². The number of ether oxygens (including phenoxy) is 1. The van der Waals surface area contributed by atoms with Gasteiger partial charge in [-0.2, -0.15) is 0 Å². The SMILES string of the molecule is CCCCOCCCCCCCCCCCC[O]. The summed E-state index contributed by atoms with van der Waals surface area (Å²) in [7, 11) is 0. The summed E-state index contributed by atoms with van der Waals surface area (Å²) in [5.74, 6) is 0. The zero-order valence-corrected chi connectivity index (χ0v) is 12.4. The molecule has 0 atom stereocenters. The molecule has 0 amide bonds. The largest absolute Gasteiger partial charge is 0.381 e.